The Morgan fingerprint density at radius 2 is 2.11 bits per heavy atom. The fourth-order valence-electron chi connectivity index (χ4n) is 4.22. The van der Waals surface area contributed by atoms with Crippen LogP contribution in [0.2, 0.25) is 0 Å². The predicted molar refractivity (Wildman–Crippen MR) is 99.4 cm³/mol. The third-order valence-corrected chi connectivity index (χ3v) is 5.83. The van der Waals surface area contributed by atoms with Crippen LogP contribution < -0.4 is 0 Å². The summed E-state index contributed by atoms with van der Waals surface area (Å²) in [7, 11) is 1.94. The molecule has 140 valence electrons. The van der Waals surface area contributed by atoms with Gasteiger partial charge in [0.05, 0.1) is 28.4 Å². The SMILES string of the molecule is Cc1noc2nc(C3CC3)cc(C(=O)N3CCCC[C@@H]3c3ccnn3C)c12. The highest BCUT2D eigenvalue weighted by Gasteiger charge is 2.34. The molecule has 1 saturated carbocycles. The van der Waals surface area contributed by atoms with E-state index in [2.05, 4.69) is 15.2 Å². The second-order valence-electron chi connectivity index (χ2n) is 7.71. The monoisotopic (exact) mass is 365 g/mol. The largest absolute Gasteiger partial charge is 0.336 e. The Labute approximate surface area is 157 Å². The molecule has 3 aromatic rings. The first kappa shape index (κ1) is 16.5. The van der Waals surface area contributed by atoms with Crippen LogP contribution in [0.25, 0.3) is 11.1 Å². The van der Waals surface area contributed by atoms with E-state index in [1.807, 2.05) is 35.7 Å². The van der Waals surface area contributed by atoms with Gasteiger partial charge in [-0.15, -0.1) is 0 Å². The number of fused-ring (bicyclic) bond motifs is 1. The molecular weight excluding hydrogens is 342 g/mol. The zero-order valence-corrected chi connectivity index (χ0v) is 15.7. The van der Waals surface area contributed by atoms with Crippen LogP contribution in [-0.4, -0.2) is 37.3 Å². The van der Waals surface area contributed by atoms with Gasteiger partial charge in [-0.2, -0.15) is 5.10 Å². The minimum Gasteiger partial charge on any atom is -0.336 e. The zero-order valence-electron chi connectivity index (χ0n) is 15.7. The van der Waals surface area contributed by atoms with E-state index in [1.165, 1.54) is 0 Å². The number of rotatable bonds is 3. The van der Waals surface area contributed by atoms with Crippen LogP contribution in [0.4, 0.5) is 0 Å². The first-order valence-corrected chi connectivity index (χ1v) is 9.69. The molecule has 0 radical (unpaired) electrons. The van der Waals surface area contributed by atoms with Gasteiger partial charge in [0.1, 0.15) is 0 Å². The van der Waals surface area contributed by atoms with Crippen LogP contribution in [-0.2, 0) is 7.05 Å². The summed E-state index contributed by atoms with van der Waals surface area (Å²) in [5, 5.41) is 9.12. The van der Waals surface area contributed by atoms with E-state index in [0.29, 0.717) is 17.2 Å². The van der Waals surface area contributed by atoms with Crippen LogP contribution >= 0.6 is 0 Å². The van der Waals surface area contributed by atoms with Gasteiger partial charge < -0.3 is 9.42 Å². The molecule has 1 saturated heterocycles. The Kier molecular flexibility index (Phi) is 3.77. The summed E-state index contributed by atoms with van der Waals surface area (Å²) in [4.78, 5) is 20.3. The second kappa shape index (κ2) is 6.18. The van der Waals surface area contributed by atoms with E-state index in [0.717, 1.165) is 61.1 Å². The molecule has 1 amide bonds. The van der Waals surface area contributed by atoms with Gasteiger partial charge in [0.2, 0.25) is 0 Å². The molecule has 2 fully saturated rings. The highest BCUT2D eigenvalue weighted by Crippen LogP contribution is 2.41. The standard InChI is InChI=1S/C20H23N5O2/c1-12-18-14(11-15(13-6-7-13)22-19(18)27-23-12)20(26)25-10-4-3-5-17(25)16-8-9-21-24(16)2/h8-9,11,13,17H,3-7,10H2,1-2H3/t17-/m1/s1. The molecule has 2 aliphatic rings. The molecule has 4 heterocycles. The Balaban J connectivity index is 1.60. The van der Waals surface area contributed by atoms with Crippen molar-refractivity contribution < 1.29 is 9.32 Å². The number of aromatic nitrogens is 4. The number of hydrogen-bond acceptors (Lipinski definition) is 5. The lowest BCUT2D eigenvalue weighted by Gasteiger charge is -2.36. The summed E-state index contributed by atoms with van der Waals surface area (Å²) in [5.74, 6) is 0.488. The van der Waals surface area contributed by atoms with Crippen molar-refractivity contribution in [2.24, 2.45) is 7.05 Å². The van der Waals surface area contributed by atoms with Crippen LogP contribution in [0, 0.1) is 6.92 Å². The van der Waals surface area contributed by atoms with Gasteiger partial charge in [0.25, 0.3) is 11.6 Å². The van der Waals surface area contributed by atoms with Gasteiger partial charge in [-0.3, -0.25) is 9.48 Å². The molecule has 3 aromatic heterocycles. The Bertz CT molecular complexity index is 1020. The lowest BCUT2D eigenvalue weighted by molar-refractivity contribution is 0.0603. The molecule has 1 atom stereocenters. The van der Waals surface area contributed by atoms with Crippen LogP contribution in [0.5, 0.6) is 0 Å². The van der Waals surface area contributed by atoms with Gasteiger partial charge in [0.15, 0.2) is 0 Å². The van der Waals surface area contributed by atoms with Gasteiger partial charge in [-0.25, -0.2) is 4.98 Å². The van der Waals surface area contributed by atoms with Gasteiger partial charge in [-0.1, -0.05) is 5.16 Å². The van der Waals surface area contributed by atoms with Crippen LogP contribution in [0.1, 0.15) is 71.5 Å². The maximum absolute atomic E-state index is 13.7. The molecule has 1 aliphatic heterocycles. The summed E-state index contributed by atoms with van der Waals surface area (Å²) in [5.41, 5.74) is 3.91. The van der Waals surface area contributed by atoms with Crippen molar-refractivity contribution >= 4 is 17.0 Å². The number of carbonyl (C=O) groups excluding carboxylic acids is 1. The molecule has 0 N–H and O–H groups in total. The van der Waals surface area contributed by atoms with E-state index in [4.69, 9.17) is 4.52 Å². The highest BCUT2D eigenvalue weighted by atomic mass is 16.5. The molecule has 0 aromatic carbocycles. The quantitative estimate of drug-likeness (QED) is 0.710. The summed E-state index contributed by atoms with van der Waals surface area (Å²) in [6.07, 6.45) is 7.14. The fraction of sp³-hybridized carbons (Fsp3) is 0.500. The predicted octanol–water partition coefficient (Wildman–Crippen LogP) is 3.51. The molecule has 27 heavy (non-hydrogen) atoms. The summed E-state index contributed by atoms with van der Waals surface area (Å²) in [6, 6.07) is 4.03. The van der Waals surface area contributed by atoms with E-state index >= 15 is 0 Å². The number of amides is 1. The van der Waals surface area contributed by atoms with Crippen LogP contribution in [0.15, 0.2) is 22.9 Å². The Morgan fingerprint density at radius 1 is 1.26 bits per heavy atom. The molecule has 0 bridgehead atoms. The molecule has 7 nitrogen and oxygen atoms in total. The van der Waals surface area contributed by atoms with Crippen molar-refractivity contribution in [3.05, 3.63) is 41.0 Å². The van der Waals surface area contributed by atoms with Crippen molar-refractivity contribution in [3.63, 3.8) is 0 Å². The number of piperidine rings is 1. The van der Waals surface area contributed by atoms with Crippen molar-refractivity contribution in [3.8, 4) is 0 Å². The summed E-state index contributed by atoms with van der Waals surface area (Å²) in [6.45, 7) is 2.62. The molecule has 5 rings (SSSR count). The number of nitrogens with zero attached hydrogens (tertiary/aromatic N) is 5. The highest BCUT2D eigenvalue weighted by molar-refractivity contribution is 6.06. The Morgan fingerprint density at radius 3 is 2.85 bits per heavy atom. The van der Waals surface area contributed by atoms with Gasteiger partial charge in [-0.05, 0) is 51.2 Å². The van der Waals surface area contributed by atoms with E-state index in [-0.39, 0.29) is 11.9 Å². The van der Waals surface area contributed by atoms with Crippen molar-refractivity contribution in [2.45, 2.75) is 51.0 Å². The first-order chi connectivity index (χ1) is 13.1. The number of hydrogen-bond donors (Lipinski definition) is 0. The number of carbonyl (C=O) groups is 1. The zero-order chi connectivity index (χ0) is 18.5. The van der Waals surface area contributed by atoms with Crippen LogP contribution in [0.3, 0.4) is 0 Å². The summed E-state index contributed by atoms with van der Waals surface area (Å²) < 4.78 is 7.29. The third kappa shape index (κ3) is 2.72. The lowest BCUT2D eigenvalue weighted by Crippen LogP contribution is -2.39. The van der Waals surface area contributed by atoms with E-state index in [1.54, 1.807) is 6.20 Å². The maximum Gasteiger partial charge on any atom is 0.259 e. The number of aryl methyl sites for hydroxylation is 2. The minimum absolute atomic E-state index is 0.0431. The smallest absolute Gasteiger partial charge is 0.259 e. The van der Waals surface area contributed by atoms with Gasteiger partial charge in [0, 0.05) is 31.4 Å². The van der Waals surface area contributed by atoms with Gasteiger partial charge >= 0.3 is 0 Å². The molecular formula is C20H23N5O2. The summed E-state index contributed by atoms with van der Waals surface area (Å²) >= 11 is 0. The average molecular weight is 365 g/mol. The topological polar surface area (TPSA) is 77.1 Å². The maximum atomic E-state index is 13.7. The van der Waals surface area contributed by atoms with E-state index < -0.39 is 0 Å². The molecule has 0 spiro atoms. The normalized spacial score (nSPS) is 20.4. The number of likely N-dealkylation sites (tertiary alicyclic amines) is 1. The van der Waals surface area contributed by atoms with Crippen molar-refractivity contribution in [2.75, 3.05) is 6.54 Å². The third-order valence-electron chi connectivity index (χ3n) is 5.83. The molecule has 0 unspecified atom stereocenters. The van der Waals surface area contributed by atoms with Crippen molar-refractivity contribution in [1.29, 1.82) is 0 Å². The fourth-order valence-corrected chi connectivity index (χ4v) is 4.22. The minimum atomic E-state index is 0.0431. The van der Waals surface area contributed by atoms with E-state index in [9.17, 15) is 4.79 Å². The second-order valence-corrected chi connectivity index (χ2v) is 7.71. The lowest BCUT2D eigenvalue weighted by atomic mass is 9.97. The first-order valence-electron chi connectivity index (χ1n) is 9.69. The number of pyridine rings is 1. The van der Waals surface area contributed by atoms with Crippen molar-refractivity contribution in [1.82, 2.24) is 24.8 Å². The molecule has 7 heteroatoms. The molecule has 1 aliphatic carbocycles. The Hall–Kier alpha value is -2.70. The average Bonchev–Trinajstić information content (AvgIpc) is 3.36.